The van der Waals surface area contributed by atoms with Crippen molar-refractivity contribution in [1.82, 2.24) is 25.5 Å². The number of hydrogen-bond acceptors (Lipinski definition) is 9. The molecule has 0 saturated heterocycles. The number of ketones is 1. The lowest BCUT2D eigenvalue weighted by Crippen LogP contribution is -2.50. The second kappa shape index (κ2) is 14.6. The van der Waals surface area contributed by atoms with E-state index in [2.05, 4.69) is 28.2 Å². The molecule has 0 spiro atoms. The highest BCUT2D eigenvalue weighted by Gasteiger charge is 2.38. The van der Waals surface area contributed by atoms with Gasteiger partial charge in [-0.15, -0.1) is 0 Å². The number of Topliss-reactive ketones (excluding diaryl/α,β-unsaturated/α-hetero) is 1. The average Bonchev–Trinajstić information content (AvgIpc) is 2.94. The Morgan fingerprint density at radius 2 is 1.90 bits per heavy atom. The number of likely N-dealkylation sites (N-methyl/N-ethyl adjacent to an activating group) is 1. The predicted molar refractivity (Wildman–Crippen MR) is 155 cm³/mol. The molecule has 2 aliphatic rings. The van der Waals surface area contributed by atoms with Gasteiger partial charge in [-0.1, -0.05) is 19.8 Å². The molecule has 1 aromatic heterocycles. The van der Waals surface area contributed by atoms with Crippen LogP contribution in [-0.4, -0.2) is 65.2 Å². The van der Waals surface area contributed by atoms with Gasteiger partial charge in [-0.25, -0.2) is 5.84 Å². The molecule has 2 aliphatic carbocycles. The molecule has 2 saturated carbocycles. The average molecular weight is 587 g/mol. The van der Waals surface area contributed by atoms with E-state index in [0.717, 1.165) is 36.4 Å². The van der Waals surface area contributed by atoms with E-state index >= 15 is 0 Å². The topological polar surface area (TPSA) is 211 Å². The van der Waals surface area contributed by atoms with Gasteiger partial charge in [0.25, 0.3) is 17.4 Å². The summed E-state index contributed by atoms with van der Waals surface area (Å²) in [6.07, 6.45) is 7.68. The molecule has 14 heteroatoms. The highest BCUT2D eigenvalue weighted by atomic mass is 16.2. The van der Waals surface area contributed by atoms with Crippen LogP contribution in [0.15, 0.2) is 35.0 Å². The number of hydrazine groups is 1. The summed E-state index contributed by atoms with van der Waals surface area (Å²) >= 11 is 0. The molecule has 3 rings (SSSR count). The van der Waals surface area contributed by atoms with Gasteiger partial charge < -0.3 is 36.6 Å². The van der Waals surface area contributed by atoms with Crippen LogP contribution in [0.3, 0.4) is 0 Å². The number of nitrogens with two attached hydrogens (primary N) is 2. The van der Waals surface area contributed by atoms with Crippen molar-refractivity contribution in [1.29, 1.82) is 0 Å². The first-order chi connectivity index (χ1) is 19.9. The number of pyridine rings is 1. The van der Waals surface area contributed by atoms with Crippen LogP contribution in [-0.2, 0) is 30.5 Å². The molecule has 8 N–H and O–H groups in total. The van der Waals surface area contributed by atoms with Crippen LogP contribution in [0, 0.1) is 17.8 Å². The number of nitrogens with zero attached hydrogens (tertiary/aromatic N) is 2. The van der Waals surface area contributed by atoms with Crippen molar-refractivity contribution in [3.05, 3.63) is 40.6 Å². The van der Waals surface area contributed by atoms with Crippen LogP contribution >= 0.6 is 0 Å². The minimum atomic E-state index is -1.33. The Morgan fingerprint density at radius 3 is 2.60 bits per heavy atom. The Kier molecular flexibility index (Phi) is 11.2. The van der Waals surface area contributed by atoms with Crippen molar-refractivity contribution in [3.63, 3.8) is 0 Å². The van der Waals surface area contributed by atoms with Crippen molar-refractivity contribution in [2.75, 3.05) is 19.4 Å². The predicted octanol–water partition coefficient (Wildman–Crippen LogP) is -0.696. The molecule has 1 heterocycles. The second-order valence-electron chi connectivity index (χ2n) is 11.3. The molecule has 0 aliphatic heterocycles. The fourth-order valence-electron chi connectivity index (χ4n) is 5.95. The zero-order valence-electron chi connectivity index (χ0n) is 24.4. The van der Waals surface area contributed by atoms with Crippen molar-refractivity contribution in [2.45, 2.75) is 70.5 Å². The third-order valence-electron chi connectivity index (χ3n) is 7.94. The summed E-state index contributed by atoms with van der Waals surface area (Å²) in [4.78, 5) is 75.5. The lowest BCUT2D eigenvalue weighted by molar-refractivity contribution is -0.137. The Hall–Kier alpha value is -4.20. The van der Waals surface area contributed by atoms with E-state index in [1.807, 2.05) is 0 Å². The summed E-state index contributed by atoms with van der Waals surface area (Å²) in [6, 6.07) is 1.62. The third-order valence-corrected chi connectivity index (χ3v) is 7.94. The van der Waals surface area contributed by atoms with Crippen LogP contribution < -0.4 is 38.4 Å². The third kappa shape index (κ3) is 8.65. The zero-order chi connectivity index (χ0) is 31.0. The number of amides is 4. The molecule has 0 radical (unpaired) electrons. The summed E-state index contributed by atoms with van der Waals surface area (Å²) in [6.45, 7) is 1.93. The molecule has 230 valence electrons. The number of carbonyl (C=O) groups excluding carboxylic acids is 5. The van der Waals surface area contributed by atoms with Gasteiger partial charge in [-0.05, 0) is 55.6 Å². The van der Waals surface area contributed by atoms with Gasteiger partial charge in [0.2, 0.25) is 17.6 Å². The van der Waals surface area contributed by atoms with E-state index in [1.54, 1.807) is 0 Å². The Labute approximate surface area is 244 Å². The Balaban J connectivity index is 1.70. The Bertz CT molecular complexity index is 1270. The van der Waals surface area contributed by atoms with Gasteiger partial charge in [0.1, 0.15) is 24.0 Å². The Morgan fingerprint density at radius 1 is 1.17 bits per heavy atom. The first-order valence-electron chi connectivity index (χ1n) is 14.2. The summed E-state index contributed by atoms with van der Waals surface area (Å²) in [5.74, 6) is 3.41. The maximum Gasteiger partial charge on any atom is 0.287 e. The largest absolute Gasteiger partial charge is 0.393 e. The minimum Gasteiger partial charge on any atom is -0.393 e. The number of fused-ring (bicyclic) bond motifs is 2. The number of rotatable bonds is 12. The summed E-state index contributed by atoms with van der Waals surface area (Å²) in [5.41, 5.74) is 4.66. The number of anilines is 1. The quantitative estimate of drug-likeness (QED) is 0.0790. The van der Waals surface area contributed by atoms with E-state index < -0.39 is 35.1 Å². The monoisotopic (exact) mass is 586 g/mol. The van der Waals surface area contributed by atoms with E-state index in [0.29, 0.717) is 11.8 Å². The SMILES string of the molecule is CNC(=O)C(=O)CCC(NC(=O)/C(N)=C/N(C)N)C(=O)Nc1cccn(CC(=O)NC2C(C)CC3CCCC2C3)c1=O. The van der Waals surface area contributed by atoms with Gasteiger partial charge in [-0.3, -0.25) is 28.8 Å². The molecule has 42 heavy (non-hydrogen) atoms. The highest BCUT2D eigenvalue weighted by molar-refractivity contribution is 6.36. The fraction of sp³-hybridized carbons (Fsp3) is 0.571. The maximum absolute atomic E-state index is 13.2. The van der Waals surface area contributed by atoms with Gasteiger partial charge in [0.15, 0.2) is 0 Å². The van der Waals surface area contributed by atoms with Crippen molar-refractivity contribution in [2.24, 2.45) is 29.3 Å². The molecule has 5 unspecified atom stereocenters. The molecule has 2 fully saturated rings. The van der Waals surface area contributed by atoms with E-state index in [9.17, 15) is 28.8 Å². The maximum atomic E-state index is 13.2. The molecular weight excluding hydrogens is 544 g/mol. The number of hydrogen-bond donors (Lipinski definition) is 6. The van der Waals surface area contributed by atoms with E-state index in [-0.39, 0.29) is 42.7 Å². The molecule has 1 aromatic rings. The fourth-order valence-corrected chi connectivity index (χ4v) is 5.95. The van der Waals surface area contributed by atoms with Crippen molar-refractivity contribution >= 4 is 35.1 Å². The van der Waals surface area contributed by atoms with Gasteiger partial charge in [0.05, 0.1) is 0 Å². The minimum absolute atomic E-state index is 0.0649. The highest BCUT2D eigenvalue weighted by Crippen LogP contribution is 2.42. The second-order valence-corrected chi connectivity index (χ2v) is 11.3. The number of aromatic nitrogens is 1. The van der Waals surface area contributed by atoms with Crippen LogP contribution in [0.4, 0.5) is 5.69 Å². The van der Waals surface area contributed by atoms with Gasteiger partial charge >= 0.3 is 0 Å². The standard InChI is InChI=1S/C28H42N8O6/c1-16-12-17-6-4-7-18(13-17)24(16)34-23(38)15-36-11-5-8-21(28(36)42)33-26(40)20(9-10-22(37)27(41)31-2)32-25(39)19(29)14-35(3)30/h5,8,11,14,16-18,20,24H,4,6-7,9-10,12-13,15,29-30H2,1-3H3,(H,31,41)(H,32,39)(H,33,40)(H,34,38)/b19-14-. The van der Waals surface area contributed by atoms with Crippen LogP contribution in [0.25, 0.3) is 0 Å². The lowest BCUT2D eigenvalue weighted by atomic mass is 9.65. The smallest absolute Gasteiger partial charge is 0.287 e. The molecule has 5 atom stereocenters. The zero-order valence-corrected chi connectivity index (χ0v) is 24.4. The van der Waals surface area contributed by atoms with E-state index in [4.69, 9.17) is 11.6 Å². The molecule has 14 nitrogen and oxygen atoms in total. The molecular formula is C28H42N8O6. The number of carbonyl (C=O) groups is 5. The van der Waals surface area contributed by atoms with E-state index in [1.165, 1.54) is 49.8 Å². The van der Waals surface area contributed by atoms with Crippen LogP contribution in [0.2, 0.25) is 0 Å². The van der Waals surface area contributed by atoms with Crippen LogP contribution in [0.5, 0.6) is 0 Å². The van der Waals surface area contributed by atoms with Crippen LogP contribution in [0.1, 0.15) is 51.9 Å². The summed E-state index contributed by atoms with van der Waals surface area (Å²) in [5, 5.41) is 11.3. The molecule has 2 bridgehead atoms. The lowest BCUT2D eigenvalue weighted by Gasteiger charge is -2.44. The van der Waals surface area contributed by atoms with Crippen molar-refractivity contribution < 1.29 is 24.0 Å². The normalized spacial score (nSPS) is 22.3. The summed E-state index contributed by atoms with van der Waals surface area (Å²) < 4.78 is 1.20. The molecule has 4 amide bonds. The van der Waals surface area contributed by atoms with Gasteiger partial charge in [0, 0.05) is 39.0 Å². The van der Waals surface area contributed by atoms with Crippen molar-refractivity contribution in [3.8, 4) is 0 Å². The summed E-state index contributed by atoms with van der Waals surface area (Å²) in [7, 11) is 2.73. The van der Waals surface area contributed by atoms with Gasteiger partial charge in [-0.2, -0.15) is 0 Å². The molecule has 0 aromatic carbocycles. The first kappa shape index (κ1) is 32.3. The number of nitrogens with one attached hydrogen (secondary N) is 4. The first-order valence-corrected chi connectivity index (χ1v) is 14.2.